The molecule has 0 bridgehead atoms. The van der Waals surface area contributed by atoms with Gasteiger partial charge in [0.1, 0.15) is 5.82 Å². The van der Waals surface area contributed by atoms with Crippen molar-refractivity contribution in [1.29, 1.82) is 0 Å². The van der Waals surface area contributed by atoms with Gasteiger partial charge < -0.3 is 19.7 Å². The summed E-state index contributed by atoms with van der Waals surface area (Å²) in [6.45, 7) is 1.27. The van der Waals surface area contributed by atoms with Crippen molar-refractivity contribution in [3.63, 3.8) is 0 Å². The molecule has 29 heavy (non-hydrogen) atoms. The van der Waals surface area contributed by atoms with Gasteiger partial charge in [0.05, 0.1) is 41.1 Å². The standard InChI is InChI=1S/C20H19Cl2FN2O4/c1-28-17-8-12(20(27)25-5-3-4-6-25)16(10-18(17)29-2)24-19(26)11-7-15(23)14(22)9-13(11)21/h7-10H,3-6H2,1-2H3,(H,24,26). The monoisotopic (exact) mass is 440 g/mol. The number of hydrogen-bond donors (Lipinski definition) is 1. The van der Waals surface area contributed by atoms with Gasteiger partial charge in [-0.15, -0.1) is 0 Å². The third-order valence-corrected chi connectivity index (χ3v) is 5.25. The summed E-state index contributed by atoms with van der Waals surface area (Å²) in [5, 5.41) is 2.42. The lowest BCUT2D eigenvalue weighted by atomic mass is 10.1. The Morgan fingerprint density at radius 1 is 0.966 bits per heavy atom. The summed E-state index contributed by atoms with van der Waals surface area (Å²) in [4.78, 5) is 27.4. The number of rotatable bonds is 5. The second-order valence-electron chi connectivity index (χ2n) is 6.45. The van der Waals surface area contributed by atoms with Crippen molar-refractivity contribution in [2.45, 2.75) is 12.8 Å². The number of carbonyl (C=O) groups excluding carboxylic acids is 2. The Morgan fingerprint density at radius 3 is 2.21 bits per heavy atom. The van der Waals surface area contributed by atoms with Crippen LogP contribution in [0.1, 0.15) is 33.6 Å². The van der Waals surface area contributed by atoms with Crippen molar-refractivity contribution in [2.75, 3.05) is 32.6 Å². The van der Waals surface area contributed by atoms with Crippen molar-refractivity contribution >= 4 is 40.7 Å². The van der Waals surface area contributed by atoms with Crippen LogP contribution in [0.5, 0.6) is 11.5 Å². The average molecular weight is 441 g/mol. The summed E-state index contributed by atoms with van der Waals surface area (Å²) in [6, 6.07) is 5.10. The third kappa shape index (κ3) is 4.41. The molecule has 0 aromatic heterocycles. The normalized spacial score (nSPS) is 13.3. The number of ether oxygens (including phenoxy) is 2. The fourth-order valence-corrected chi connectivity index (χ4v) is 3.61. The SMILES string of the molecule is COc1cc(NC(=O)c2cc(F)c(Cl)cc2Cl)c(C(=O)N2CCCC2)cc1OC. The van der Waals surface area contributed by atoms with E-state index in [4.69, 9.17) is 32.7 Å². The maximum Gasteiger partial charge on any atom is 0.257 e. The molecule has 0 atom stereocenters. The molecule has 2 amide bonds. The van der Waals surface area contributed by atoms with E-state index in [1.165, 1.54) is 26.4 Å². The molecule has 3 rings (SSSR count). The Bertz CT molecular complexity index is 962. The van der Waals surface area contributed by atoms with Gasteiger partial charge in [0.25, 0.3) is 11.8 Å². The summed E-state index contributed by atoms with van der Waals surface area (Å²) in [6.07, 6.45) is 1.83. The lowest BCUT2D eigenvalue weighted by Gasteiger charge is -2.20. The van der Waals surface area contributed by atoms with Gasteiger partial charge >= 0.3 is 0 Å². The molecular weight excluding hydrogens is 422 g/mol. The van der Waals surface area contributed by atoms with E-state index in [2.05, 4.69) is 5.32 Å². The molecule has 2 aromatic carbocycles. The highest BCUT2D eigenvalue weighted by Gasteiger charge is 2.25. The van der Waals surface area contributed by atoms with Gasteiger partial charge in [0.2, 0.25) is 0 Å². The van der Waals surface area contributed by atoms with E-state index in [1.54, 1.807) is 4.90 Å². The van der Waals surface area contributed by atoms with E-state index in [-0.39, 0.29) is 32.8 Å². The first-order valence-electron chi connectivity index (χ1n) is 8.87. The Balaban J connectivity index is 2.01. The molecule has 0 saturated carbocycles. The molecule has 0 radical (unpaired) electrons. The lowest BCUT2D eigenvalue weighted by molar-refractivity contribution is 0.0793. The molecule has 2 aromatic rings. The van der Waals surface area contributed by atoms with E-state index in [0.717, 1.165) is 25.0 Å². The predicted molar refractivity (Wildman–Crippen MR) is 109 cm³/mol. The van der Waals surface area contributed by atoms with Crippen molar-refractivity contribution in [1.82, 2.24) is 4.90 Å². The van der Waals surface area contributed by atoms with Crippen molar-refractivity contribution in [2.24, 2.45) is 0 Å². The molecule has 1 aliphatic heterocycles. The smallest absolute Gasteiger partial charge is 0.257 e. The van der Waals surface area contributed by atoms with E-state index in [9.17, 15) is 14.0 Å². The molecule has 1 N–H and O–H groups in total. The molecule has 1 fully saturated rings. The Labute approximate surface area is 177 Å². The topological polar surface area (TPSA) is 67.9 Å². The minimum atomic E-state index is -0.776. The first kappa shape index (κ1) is 21.2. The maximum atomic E-state index is 13.8. The Morgan fingerprint density at radius 2 is 1.59 bits per heavy atom. The summed E-state index contributed by atoms with van der Waals surface area (Å²) in [5.41, 5.74) is 0.336. The molecule has 154 valence electrons. The lowest BCUT2D eigenvalue weighted by Crippen LogP contribution is -2.29. The zero-order valence-corrected chi connectivity index (χ0v) is 17.4. The van der Waals surface area contributed by atoms with Crippen LogP contribution in [-0.4, -0.2) is 44.0 Å². The number of halogens is 3. The third-order valence-electron chi connectivity index (χ3n) is 4.65. The van der Waals surface area contributed by atoms with Crippen LogP contribution in [-0.2, 0) is 0 Å². The zero-order chi connectivity index (χ0) is 21.1. The van der Waals surface area contributed by atoms with Gasteiger partial charge in [0, 0.05) is 19.2 Å². The Hall–Kier alpha value is -2.51. The van der Waals surface area contributed by atoms with E-state index in [1.807, 2.05) is 0 Å². The van der Waals surface area contributed by atoms with Crippen LogP contribution >= 0.6 is 23.2 Å². The quantitative estimate of drug-likeness (QED) is 0.687. The number of likely N-dealkylation sites (tertiary alicyclic amines) is 1. The first-order valence-corrected chi connectivity index (χ1v) is 9.62. The fourth-order valence-electron chi connectivity index (χ4n) is 3.14. The first-order chi connectivity index (χ1) is 13.8. The van der Waals surface area contributed by atoms with Crippen LogP contribution in [0.25, 0.3) is 0 Å². The summed E-state index contributed by atoms with van der Waals surface area (Å²) in [7, 11) is 2.90. The minimum Gasteiger partial charge on any atom is -0.493 e. The van der Waals surface area contributed by atoms with Gasteiger partial charge in [-0.1, -0.05) is 23.2 Å². The zero-order valence-electron chi connectivity index (χ0n) is 15.9. The molecule has 1 saturated heterocycles. The predicted octanol–water partition coefficient (Wildman–Crippen LogP) is 4.64. The highest BCUT2D eigenvalue weighted by Crippen LogP contribution is 2.35. The molecule has 0 unspecified atom stereocenters. The van der Waals surface area contributed by atoms with Crippen LogP contribution in [0, 0.1) is 5.82 Å². The molecule has 9 heteroatoms. The molecule has 0 spiro atoms. The largest absolute Gasteiger partial charge is 0.493 e. The van der Waals surface area contributed by atoms with Crippen LogP contribution in [0.4, 0.5) is 10.1 Å². The second-order valence-corrected chi connectivity index (χ2v) is 7.27. The van der Waals surface area contributed by atoms with Gasteiger partial charge in [-0.3, -0.25) is 9.59 Å². The number of nitrogens with zero attached hydrogens (tertiary/aromatic N) is 1. The highest BCUT2D eigenvalue weighted by atomic mass is 35.5. The summed E-state index contributed by atoms with van der Waals surface area (Å²) < 4.78 is 24.4. The summed E-state index contributed by atoms with van der Waals surface area (Å²) in [5.74, 6) is -1.03. The highest BCUT2D eigenvalue weighted by molar-refractivity contribution is 6.37. The average Bonchev–Trinajstić information content (AvgIpc) is 3.24. The van der Waals surface area contributed by atoms with Gasteiger partial charge in [-0.05, 0) is 31.0 Å². The second kappa shape index (κ2) is 8.88. The van der Waals surface area contributed by atoms with Crippen LogP contribution in [0.2, 0.25) is 10.0 Å². The molecule has 6 nitrogen and oxygen atoms in total. The van der Waals surface area contributed by atoms with E-state index >= 15 is 0 Å². The molecule has 0 aliphatic carbocycles. The number of carbonyl (C=O) groups is 2. The number of nitrogens with one attached hydrogen (secondary N) is 1. The Kier molecular flexibility index (Phi) is 6.49. The number of anilines is 1. The molecule has 1 heterocycles. The number of amides is 2. The van der Waals surface area contributed by atoms with E-state index in [0.29, 0.717) is 24.6 Å². The van der Waals surface area contributed by atoms with Crippen LogP contribution in [0.15, 0.2) is 24.3 Å². The van der Waals surface area contributed by atoms with Crippen molar-refractivity contribution in [3.05, 3.63) is 51.3 Å². The van der Waals surface area contributed by atoms with Gasteiger partial charge in [-0.25, -0.2) is 4.39 Å². The number of hydrogen-bond acceptors (Lipinski definition) is 4. The van der Waals surface area contributed by atoms with Gasteiger partial charge in [0.15, 0.2) is 11.5 Å². The van der Waals surface area contributed by atoms with Crippen molar-refractivity contribution < 1.29 is 23.5 Å². The fraction of sp³-hybridized carbons (Fsp3) is 0.300. The molecular formula is C20H19Cl2FN2O4. The van der Waals surface area contributed by atoms with Gasteiger partial charge in [-0.2, -0.15) is 0 Å². The van der Waals surface area contributed by atoms with Crippen LogP contribution in [0.3, 0.4) is 0 Å². The molecule has 1 aliphatic rings. The van der Waals surface area contributed by atoms with E-state index < -0.39 is 11.7 Å². The minimum absolute atomic E-state index is 0.0122. The van der Waals surface area contributed by atoms with Crippen molar-refractivity contribution in [3.8, 4) is 11.5 Å². The number of methoxy groups -OCH3 is 2. The van der Waals surface area contributed by atoms with Crippen LogP contribution < -0.4 is 14.8 Å². The number of benzene rings is 2. The summed E-state index contributed by atoms with van der Waals surface area (Å²) >= 11 is 11.7. The maximum absolute atomic E-state index is 13.8.